The van der Waals surface area contributed by atoms with Crippen LogP contribution in [0.3, 0.4) is 0 Å². The molecule has 7 nitrogen and oxygen atoms in total. The van der Waals surface area contributed by atoms with Gasteiger partial charge in [0.15, 0.2) is 0 Å². The molecule has 1 atom stereocenters. The second kappa shape index (κ2) is 8.87. The minimum Gasteiger partial charge on any atom is -0.381 e. The van der Waals surface area contributed by atoms with Gasteiger partial charge < -0.3 is 5.11 Å². The van der Waals surface area contributed by atoms with Crippen LogP contribution in [0.4, 0.5) is 13.6 Å². The third-order valence-corrected chi connectivity index (χ3v) is 6.21. The first-order valence-electron chi connectivity index (χ1n) is 10.0. The number of β-amino-alcohol motifs (C(OH)–C–C–N with tert-alkyl or cyclic N) is 1. The summed E-state index contributed by atoms with van der Waals surface area (Å²) in [5, 5.41) is 18.7. The van der Waals surface area contributed by atoms with Crippen molar-refractivity contribution in [3.8, 4) is 0 Å². The average Bonchev–Trinajstić information content (AvgIpc) is 3.33. The lowest BCUT2D eigenvalue weighted by Crippen LogP contribution is -2.46. The maximum atomic E-state index is 14.6. The summed E-state index contributed by atoms with van der Waals surface area (Å²) in [5.74, 6) is -2.44. The van der Waals surface area contributed by atoms with Crippen molar-refractivity contribution in [3.05, 3.63) is 87.6 Å². The summed E-state index contributed by atoms with van der Waals surface area (Å²) in [5.41, 5.74) is 0.413. The summed E-state index contributed by atoms with van der Waals surface area (Å²) in [6, 6.07) is 8.42. The molecule has 170 valence electrons. The number of benzene rings is 2. The standard InChI is InChI=1S/C23H20F2N4O3S/c1-14-3-4-16(15(2)9-14)10-20-21(30)28(22(31)33-20)12-23(32,13-29-26-7-8-27-29)18-6-5-17(24)11-19(18)25/h3-11,32H,12-13H2,1-2H3/b20-10-. The van der Waals surface area contributed by atoms with Gasteiger partial charge >= 0.3 is 0 Å². The second-order valence-corrected chi connectivity index (χ2v) is 8.84. The first-order valence-corrected chi connectivity index (χ1v) is 10.8. The molecule has 0 aliphatic carbocycles. The van der Waals surface area contributed by atoms with Crippen LogP contribution in [0, 0.1) is 25.5 Å². The SMILES string of the molecule is Cc1ccc(/C=C2\SC(=O)N(CC(O)(Cn3nccn3)c3ccc(F)cc3F)C2=O)c(C)c1. The zero-order chi connectivity index (χ0) is 23.8. The molecule has 1 aliphatic rings. The monoisotopic (exact) mass is 470 g/mol. The molecule has 33 heavy (non-hydrogen) atoms. The molecule has 0 saturated carbocycles. The number of thioether (sulfide) groups is 1. The normalized spacial score (nSPS) is 17.1. The van der Waals surface area contributed by atoms with Gasteiger partial charge in [0, 0.05) is 11.6 Å². The molecule has 1 saturated heterocycles. The minimum atomic E-state index is -2.10. The van der Waals surface area contributed by atoms with E-state index >= 15 is 0 Å². The molecule has 1 aromatic heterocycles. The second-order valence-electron chi connectivity index (χ2n) is 7.84. The van der Waals surface area contributed by atoms with E-state index in [0.717, 1.165) is 50.3 Å². The van der Waals surface area contributed by atoms with E-state index in [9.17, 15) is 23.5 Å². The quantitative estimate of drug-likeness (QED) is 0.552. The van der Waals surface area contributed by atoms with Gasteiger partial charge in [-0.1, -0.05) is 29.8 Å². The lowest BCUT2D eigenvalue weighted by molar-refractivity contribution is -0.126. The lowest BCUT2D eigenvalue weighted by atomic mass is 9.92. The highest BCUT2D eigenvalue weighted by Gasteiger charge is 2.43. The Bertz CT molecular complexity index is 1260. The number of halogens is 2. The minimum absolute atomic E-state index is 0.186. The van der Waals surface area contributed by atoms with E-state index < -0.39 is 34.9 Å². The van der Waals surface area contributed by atoms with Crippen molar-refractivity contribution in [1.82, 2.24) is 19.9 Å². The maximum Gasteiger partial charge on any atom is 0.293 e. The molecule has 2 heterocycles. The van der Waals surface area contributed by atoms with Gasteiger partial charge in [-0.15, -0.1) is 0 Å². The molecule has 2 amide bonds. The smallest absolute Gasteiger partial charge is 0.293 e. The number of rotatable bonds is 6. The zero-order valence-electron chi connectivity index (χ0n) is 17.8. The number of hydrogen-bond acceptors (Lipinski definition) is 6. The van der Waals surface area contributed by atoms with Crippen LogP contribution in [0.25, 0.3) is 6.08 Å². The van der Waals surface area contributed by atoms with E-state index in [1.165, 1.54) is 12.4 Å². The highest BCUT2D eigenvalue weighted by Crippen LogP contribution is 2.36. The Labute approximate surface area is 192 Å². The van der Waals surface area contributed by atoms with E-state index in [-0.39, 0.29) is 17.0 Å². The van der Waals surface area contributed by atoms with Crippen LogP contribution >= 0.6 is 11.8 Å². The molecule has 10 heteroatoms. The largest absolute Gasteiger partial charge is 0.381 e. The van der Waals surface area contributed by atoms with Crippen LogP contribution in [-0.2, 0) is 16.9 Å². The molecular formula is C23H20F2N4O3S. The Balaban J connectivity index is 1.67. The van der Waals surface area contributed by atoms with Crippen molar-refractivity contribution in [1.29, 1.82) is 0 Å². The van der Waals surface area contributed by atoms with Gasteiger partial charge in [-0.05, 0) is 48.9 Å². The number of nitrogens with zero attached hydrogens (tertiary/aromatic N) is 4. The summed E-state index contributed by atoms with van der Waals surface area (Å²) in [7, 11) is 0. The number of aromatic nitrogens is 3. The predicted octanol–water partition coefficient (Wildman–Crippen LogP) is 3.80. The number of amides is 2. The predicted molar refractivity (Wildman–Crippen MR) is 119 cm³/mol. The van der Waals surface area contributed by atoms with Crippen molar-refractivity contribution in [2.24, 2.45) is 0 Å². The van der Waals surface area contributed by atoms with Crippen LogP contribution in [0.5, 0.6) is 0 Å². The van der Waals surface area contributed by atoms with Gasteiger partial charge in [-0.25, -0.2) is 8.78 Å². The fourth-order valence-electron chi connectivity index (χ4n) is 3.67. The Morgan fingerprint density at radius 1 is 1.06 bits per heavy atom. The van der Waals surface area contributed by atoms with E-state index in [4.69, 9.17) is 0 Å². The van der Waals surface area contributed by atoms with Crippen LogP contribution in [0.1, 0.15) is 22.3 Å². The van der Waals surface area contributed by atoms with E-state index in [2.05, 4.69) is 10.2 Å². The maximum absolute atomic E-state index is 14.6. The topological polar surface area (TPSA) is 88.3 Å². The molecule has 1 N–H and O–H groups in total. The first-order chi connectivity index (χ1) is 15.7. The molecule has 0 bridgehead atoms. The fraction of sp³-hybridized carbons (Fsp3) is 0.217. The van der Waals surface area contributed by atoms with E-state index in [0.29, 0.717) is 6.07 Å². The Morgan fingerprint density at radius 2 is 1.79 bits per heavy atom. The number of aryl methyl sites for hydroxylation is 2. The highest BCUT2D eigenvalue weighted by atomic mass is 32.2. The van der Waals surface area contributed by atoms with Crippen molar-refractivity contribution in [3.63, 3.8) is 0 Å². The summed E-state index contributed by atoms with van der Waals surface area (Å²) in [4.78, 5) is 27.9. The van der Waals surface area contributed by atoms with Crippen molar-refractivity contribution in [2.45, 2.75) is 26.0 Å². The Kier molecular flexibility index (Phi) is 6.13. The number of hydrogen-bond donors (Lipinski definition) is 1. The van der Waals surface area contributed by atoms with Crippen molar-refractivity contribution >= 4 is 29.0 Å². The van der Waals surface area contributed by atoms with Gasteiger partial charge in [-0.2, -0.15) is 15.0 Å². The summed E-state index contributed by atoms with van der Waals surface area (Å²) < 4.78 is 28.1. The van der Waals surface area contributed by atoms with Gasteiger partial charge in [0.25, 0.3) is 11.1 Å². The molecule has 0 spiro atoms. The van der Waals surface area contributed by atoms with Crippen LogP contribution < -0.4 is 0 Å². The fourth-order valence-corrected chi connectivity index (χ4v) is 4.50. The van der Waals surface area contributed by atoms with E-state index in [1.54, 1.807) is 6.08 Å². The number of carbonyl (C=O) groups excluding carboxylic acids is 2. The zero-order valence-corrected chi connectivity index (χ0v) is 18.6. The van der Waals surface area contributed by atoms with Crippen LogP contribution in [0.2, 0.25) is 0 Å². The molecule has 4 rings (SSSR count). The van der Waals surface area contributed by atoms with Crippen molar-refractivity contribution < 1.29 is 23.5 Å². The van der Waals surface area contributed by atoms with Gasteiger partial charge in [-0.3, -0.25) is 14.5 Å². The average molecular weight is 471 g/mol. The molecule has 1 fully saturated rings. The third kappa shape index (κ3) is 4.71. The third-order valence-electron chi connectivity index (χ3n) is 5.31. The Morgan fingerprint density at radius 3 is 2.45 bits per heavy atom. The van der Waals surface area contributed by atoms with Crippen molar-refractivity contribution in [2.75, 3.05) is 6.54 Å². The number of carbonyl (C=O) groups is 2. The molecular weight excluding hydrogens is 450 g/mol. The van der Waals surface area contributed by atoms with Crippen LogP contribution in [-0.4, -0.2) is 42.7 Å². The molecule has 0 radical (unpaired) electrons. The molecule has 2 aromatic carbocycles. The lowest BCUT2D eigenvalue weighted by Gasteiger charge is -2.31. The van der Waals surface area contributed by atoms with Gasteiger partial charge in [0.1, 0.15) is 17.2 Å². The summed E-state index contributed by atoms with van der Waals surface area (Å²) in [6.45, 7) is 2.93. The molecule has 1 unspecified atom stereocenters. The van der Waals surface area contributed by atoms with Crippen LogP contribution in [0.15, 0.2) is 53.7 Å². The molecule has 3 aromatic rings. The van der Waals surface area contributed by atoms with Gasteiger partial charge in [0.2, 0.25) is 0 Å². The first kappa shape index (κ1) is 22.8. The number of imide groups is 1. The highest BCUT2D eigenvalue weighted by molar-refractivity contribution is 8.18. The Hall–Kier alpha value is -3.37. The van der Waals surface area contributed by atoms with E-state index in [1.807, 2.05) is 32.0 Å². The summed E-state index contributed by atoms with van der Waals surface area (Å²) >= 11 is 0.736. The van der Waals surface area contributed by atoms with Gasteiger partial charge in [0.05, 0.1) is 30.4 Å². The summed E-state index contributed by atoms with van der Waals surface area (Å²) in [6.07, 6.45) is 4.36. The number of aliphatic hydroxyl groups is 1. The molecule has 1 aliphatic heterocycles.